The van der Waals surface area contributed by atoms with Gasteiger partial charge in [-0.2, -0.15) is 0 Å². The van der Waals surface area contributed by atoms with Crippen molar-refractivity contribution in [3.63, 3.8) is 0 Å². The Labute approximate surface area is 142 Å². The molecule has 1 aliphatic rings. The van der Waals surface area contributed by atoms with E-state index in [-0.39, 0.29) is 19.1 Å². The van der Waals surface area contributed by atoms with Gasteiger partial charge in [-0.1, -0.05) is 42.5 Å². The highest BCUT2D eigenvalue weighted by Crippen LogP contribution is 2.34. The van der Waals surface area contributed by atoms with Gasteiger partial charge in [-0.05, 0) is 32.4 Å². The lowest BCUT2D eigenvalue weighted by Crippen LogP contribution is -2.53. The van der Waals surface area contributed by atoms with E-state index >= 15 is 0 Å². The molecule has 2 rings (SSSR count). The number of hydrogen-bond donors (Lipinski definition) is 2. The number of benzene rings is 1. The Hall–Kier alpha value is -2.34. The quantitative estimate of drug-likeness (QED) is 0.782. The second-order valence-corrected chi connectivity index (χ2v) is 5.95. The van der Waals surface area contributed by atoms with Crippen molar-refractivity contribution in [3.8, 4) is 0 Å². The molecule has 1 fully saturated rings. The van der Waals surface area contributed by atoms with Crippen LogP contribution >= 0.6 is 0 Å². The zero-order valence-corrected chi connectivity index (χ0v) is 14.1. The van der Waals surface area contributed by atoms with Gasteiger partial charge >= 0.3 is 12.1 Å². The molecule has 130 valence electrons. The van der Waals surface area contributed by atoms with Gasteiger partial charge in [-0.25, -0.2) is 9.59 Å². The fraction of sp³-hybridized carbons (Fsp3) is 0.444. The van der Waals surface area contributed by atoms with E-state index in [0.717, 1.165) is 5.56 Å². The number of aliphatic carboxylic acids is 1. The van der Waals surface area contributed by atoms with Crippen molar-refractivity contribution in [2.45, 2.75) is 38.0 Å². The fourth-order valence-electron chi connectivity index (χ4n) is 3.01. The van der Waals surface area contributed by atoms with E-state index in [4.69, 9.17) is 4.74 Å². The van der Waals surface area contributed by atoms with Gasteiger partial charge < -0.3 is 15.2 Å². The standard InChI is InChI=1S/C18H24N2O4/c1-3-4-10-18(16(21)22)11-15(19-2)12-20(18)17(23)24-13-14-8-6-5-7-9-14/h3-9,15,19H,10-13H2,1-2H3,(H,21,22)/t15-,18?/m1/s1. The number of likely N-dealkylation sites (N-methyl/N-ethyl adjacent to an activating group) is 1. The number of nitrogens with zero attached hydrogens (tertiary/aromatic N) is 1. The predicted molar refractivity (Wildman–Crippen MR) is 90.6 cm³/mol. The van der Waals surface area contributed by atoms with Gasteiger partial charge in [0.15, 0.2) is 0 Å². The van der Waals surface area contributed by atoms with Crippen LogP contribution in [0.1, 0.15) is 25.3 Å². The molecule has 1 saturated heterocycles. The SMILES string of the molecule is CC=CCC1(C(=O)O)C[C@@H](NC)CN1C(=O)OCc1ccccc1. The lowest BCUT2D eigenvalue weighted by molar-refractivity contribution is -0.148. The number of amides is 1. The van der Waals surface area contributed by atoms with Crippen LogP contribution in [-0.4, -0.2) is 47.2 Å². The highest BCUT2D eigenvalue weighted by atomic mass is 16.6. The van der Waals surface area contributed by atoms with Gasteiger partial charge in [-0.15, -0.1) is 0 Å². The summed E-state index contributed by atoms with van der Waals surface area (Å²) < 4.78 is 5.36. The van der Waals surface area contributed by atoms with Gasteiger partial charge in [0.05, 0.1) is 0 Å². The molecule has 1 aliphatic heterocycles. The lowest BCUT2D eigenvalue weighted by atomic mass is 9.90. The molecule has 1 amide bonds. The molecule has 0 aromatic heterocycles. The first-order valence-electron chi connectivity index (χ1n) is 8.03. The van der Waals surface area contributed by atoms with Crippen molar-refractivity contribution in [3.05, 3.63) is 48.0 Å². The molecule has 24 heavy (non-hydrogen) atoms. The normalized spacial score (nSPS) is 23.6. The number of carbonyl (C=O) groups is 2. The van der Waals surface area contributed by atoms with E-state index in [1.54, 1.807) is 19.2 Å². The summed E-state index contributed by atoms with van der Waals surface area (Å²) in [6.07, 6.45) is 3.60. The van der Waals surface area contributed by atoms with Crippen molar-refractivity contribution >= 4 is 12.1 Å². The van der Waals surface area contributed by atoms with Gasteiger partial charge in [0.1, 0.15) is 12.1 Å². The second-order valence-electron chi connectivity index (χ2n) is 5.95. The number of allylic oxidation sites excluding steroid dienone is 1. The predicted octanol–water partition coefficient (Wildman–Crippen LogP) is 2.41. The Kier molecular flexibility index (Phi) is 5.98. The summed E-state index contributed by atoms with van der Waals surface area (Å²) in [6.45, 7) is 2.27. The van der Waals surface area contributed by atoms with E-state index in [0.29, 0.717) is 13.0 Å². The molecular weight excluding hydrogens is 308 g/mol. The highest BCUT2D eigenvalue weighted by molar-refractivity contribution is 5.85. The minimum Gasteiger partial charge on any atom is -0.479 e. The molecule has 1 unspecified atom stereocenters. The topological polar surface area (TPSA) is 78.9 Å². The minimum atomic E-state index is -1.27. The molecule has 2 N–H and O–H groups in total. The second kappa shape index (κ2) is 7.97. The van der Waals surface area contributed by atoms with Crippen molar-refractivity contribution in [1.82, 2.24) is 10.2 Å². The van der Waals surface area contributed by atoms with Gasteiger partial charge in [0, 0.05) is 12.6 Å². The van der Waals surface area contributed by atoms with Crippen LogP contribution in [0.3, 0.4) is 0 Å². The Balaban J connectivity index is 2.16. The first kappa shape index (κ1) is 18.0. The van der Waals surface area contributed by atoms with Crippen LogP contribution in [0.25, 0.3) is 0 Å². The summed E-state index contributed by atoms with van der Waals surface area (Å²) in [7, 11) is 1.77. The first-order chi connectivity index (χ1) is 11.5. The zero-order valence-electron chi connectivity index (χ0n) is 14.1. The molecule has 0 aliphatic carbocycles. The molecule has 1 aromatic rings. The number of nitrogens with one attached hydrogen (secondary N) is 1. The number of likely N-dealkylation sites (tertiary alicyclic amines) is 1. The van der Waals surface area contributed by atoms with E-state index in [9.17, 15) is 14.7 Å². The van der Waals surface area contributed by atoms with Crippen molar-refractivity contribution in [2.75, 3.05) is 13.6 Å². The molecule has 1 heterocycles. The molecule has 2 atom stereocenters. The van der Waals surface area contributed by atoms with E-state index in [1.165, 1.54) is 4.90 Å². The van der Waals surface area contributed by atoms with Crippen LogP contribution in [0.4, 0.5) is 4.79 Å². The average Bonchev–Trinajstić information content (AvgIpc) is 2.99. The third-order valence-corrected chi connectivity index (χ3v) is 4.43. The summed E-state index contributed by atoms with van der Waals surface area (Å²) in [5.41, 5.74) is -0.405. The molecule has 0 radical (unpaired) electrons. The van der Waals surface area contributed by atoms with Crippen LogP contribution in [-0.2, 0) is 16.1 Å². The van der Waals surface area contributed by atoms with Crippen LogP contribution in [0.15, 0.2) is 42.5 Å². The minimum absolute atomic E-state index is 0.0735. The number of ether oxygens (including phenoxy) is 1. The van der Waals surface area contributed by atoms with E-state index in [1.807, 2.05) is 37.3 Å². The summed E-state index contributed by atoms with van der Waals surface area (Å²) in [4.78, 5) is 25.9. The van der Waals surface area contributed by atoms with E-state index < -0.39 is 17.6 Å². The van der Waals surface area contributed by atoms with Gasteiger partial charge in [0.2, 0.25) is 0 Å². The summed E-state index contributed by atoms with van der Waals surface area (Å²) in [5.74, 6) is -1.00. The third-order valence-electron chi connectivity index (χ3n) is 4.43. The van der Waals surface area contributed by atoms with Crippen molar-refractivity contribution in [1.29, 1.82) is 0 Å². The van der Waals surface area contributed by atoms with Crippen LogP contribution in [0.5, 0.6) is 0 Å². The van der Waals surface area contributed by atoms with Gasteiger partial charge in [-0.3, -0.25) is 4.90 Å². The fourth-order valence-corrected chi connectivity index (χ4v) is 3.01. The molecule has 6 heteroatoms. The smallest absolute Gasteiger partial charge is 0.411 e. The molecule has 6 nitrogen and oxygen atoms in total. The van der Waals surface area contributed by atoms with Crippen LogP contribution in [0, 0.1) is 0 Å². The molecule has 0 bridgehead atoms. The number of hydrogen-bond acceptors (Lipinski definition) is 4. The van der Waals surface area contributed by atoms with Crippen molar-refractivity contribution < 1.29 is 19.4 Å². The lowest BCUT2D eigenvalue weighted by Gasteiger charge is -2.32. The molecule has 1 aromatic carbocycles. The highest BCUT2D eigenvalue weighted by Gasteiger charge is 2.53. The maximum absolute atomic E-state index is 12.6. The number of carboxylic acids is 1. The Morgan fingerprint density at radius 2 is 2.12 bits per heavy atom. The van der Waals surface area contributed by atoms with Gasteiger partial charge in [0.25, 0.3) is 0 Å². The Morgan fingerprint density at radius 3 is 2.71 bits per heavy atom. The summed E-state index contributed by atoms with van der Waals surface area (Å²) in [6, 6.07) is 9.26. The third kappa shape index (κ3) is 3.76. The molecule has 0 spiro atoms. The van der Waals surface area contributed by atoms with Crippen LogP contribution in [0.2, 0.25) is 0 Å². The number of rotatable bonds is 6. The molecular formula is C18H24N2O4. The maximum atomic E-state index is 12.6. The zero-order chi connectivity index (χ0) is 17.6. The number of carbonyl (C=O) groups excluding carboxylic acids is 1. The first-order valence-corrected chi connectivity index (χ1v) is 8.03. The van der Waals surface area contributed by atoms with Crippen LogP contribution < -0.4 is 5.32 Å². The summed E-state index contributed by atoms with van der Waals surface area (Å²) in [5, 5.41) is 12.9. The Morgan fingerprint density at radius 1 is 1.42 bits per heavy atom. The maximum Gasteiger partial charge on any atom is 0.411 e. The monoisotopic (exact) mass is 332 g/mol. The molecule has 0 saturated carbocycles. The largest absolute Gasteiger partial charge is 0.479 e. The summed E-state index contributed by atoms with van der Waals surface area (Å²) >= 11 is 0. The van der Waals surface area contributed by atoms with Crippen molar-refractivity contribution in [2.24, 2.45) is 0 Å². The van der Waals surface area contributed by atoms with E-state index in [2.05, 4.69) is 5.32 Å². The average molecular weight is 332 g/mol. The Bertz CT molecular complexity index is 602. The number of carboxylic acid groups (broad SMARTS) is 1.